The molecule has 3 rings (SSSR count). The van der Waals surface area contributed by atoms with Gasteiger partial charge in [0.1, 0.15) is 0 Å². The molecule has 0 fully saturated rings. The van der Waals surface area contributed by atoms with Gasteiger partial charge in [0.05, 0.1) is 33.6 Å². The van der Waals surface area contributed by atoms with E-state index in [-0.39, 0.29) is 5.28 Å². The number of benzene rings is 1. The number of allylic oxidation sites excluding steroid dienone is 1. The van der Waals surface area contributed by atoms with Crippen LogP contribution in [0.4, 0.5) is 0 Å². The van der Waals surface area contributed by atoms with Crippen molar-refractivity contribution in [3.8, 4) is 18.4 Å². The first-order valence-electron chi connectivity index (χ1n) is 6.55. The van der Waals surface area contributed by atoms with E-state index in [2.05, 4.69) is 27.3 Å². The van der Waals surface area contributed by atoms with E-state index in [0.29, 0.717) is 16.8 Å². The standard InChI is InChI=1S/C17H9ClN4S/c1-2-13(14-7-8-20-17(18)22-14)16-21-15(10-23-16)12-5-3-11(9-19)4-6-12/h1,3-8,10,21H/b16-13-. The lowest BCUT2D eigenvalue weighted by Gasteiger charge is -2.08. The molecule has 0 saturated heterocycles. The number of halogens is 1. The topological polar surface area (TPSA) is 61.6 Å². The summed E-state index contributed by atoms with van der Waals surface area (Å²) < 4.78 is 0. The fourth-order valence-corrected chi connectivity index (χ4v) is 3.04. The summed E-state index contributed by atoms with van der Waals surface area (Å²) in [6.45, 7) is 0. The number of nitrogens with one attached hydrogen (secondary N) is 1. The molecule has 0 unspecified atom stereocenters. The Bertz CT molecular complexity index is 901. The number of aromatic nitrogens is 2. The van der Waals surface area contributed by atoms with E-state index in [0.717, 1.165) is 16.3 Å². The maximum absolute atomic E-state index is 8.85. The molecule has 110 valence electrons. The van der Waals surface area contributed by atoms with Gasteiger partial charge in [-0.25, -0.2) is 9.97 Å². The van der Waals surface area contributed by atoms with E-state index < -0.39 is 0 Å². The van der Waals surface area contributed by atoms with Crippen LogP contribution in [0, 0.1) is 23.7 Å². The van der Waals surface area contributed by atoms with Crippen molar-refractivity contribution >= 4 is 34.6 Å². The van der Waals surface area contributed by atoms with Gasteiger partial charge in [-0.3, -0.25) is 0 Å². The summed E-state index contributed by atoms with van der Waals surface area (Å²) in [6, 6.07) is 11.1. The van der Waals surface area contributed by atoms with Gasteiger partial charge >= 0.3 is 0 Å². The van der Waals surface area contributed by atoms with E-state index >= 15 is 0 Å². The first-order valence-corrected chi connectivity index (χ1v) is 7.81. The Hall–Kier alpha value is -2.73. The van der Waals surface area contributed by atoms with Crippen molar-refractivity contribution in [2.24, 2.45) is 0 Å². The van der Waals surface area contributed by atoms with Crippen LogP contribution in [-0.2, 0) is 0 Å². The normalized spacial score (nSPS) is 15.2. The average Bonchev–Trinajstić information content (AvgIpc) is 3.05. The average molecular weight is 337 g/mol. The third kappa shape index (κ3) is 3.22. The second-order valence-corrected chi connectivity index (χ2v) is 5.74. The van der Waals surface area contributed by atoms with Gasteiger partial charge in [0.2, 0.25) is 5.28 Å². The van der Waals surface area contributed by atoms with Gasteiger partial charge in [0.25, 0.3) is 0 Å². The zero-order chi connectivity index (χ0) is 16.2. The first kappa shape index (κ1) is 15.2. The molecule has 0 atom stereocenters. The van der Waals surface area contributed by atoms with Gasteiger partial charge in [-0.15, -0.1) is 6.42 Å². The molecule has 0 bridgehead atoms. The number of hydrogen-bond donors (Lipinski definition) is 1. The van der Waals surface area contributed by atoms with Gasteiger partial charge in [-0.2, -0.15) is 5.26 Å². The lowest BCUT2D eigenvalue weighted by atomic mass is 10.1. The molecule has 23 heavy (non-hydrogen) atoms. The molecule has 0 spiro atoms. The van der Waals surface area contributed by atoms with Crippen molar-refractivity contribution in [1.82, 2.24) is 15.3 Å². The fraction of sp³-hybridized carbons (Fsp3) is 0. The maximum Gasteiger partial charge on any atom is 0.222 e. The molecule has 0 saturated carbocycles. The monoisotopic (exact) mass is 336 g/mol. The molecule has 1 aliphatic heterocycles. The largest absolute Gasteiger partial charge is 0.348 e. The summed E-state index contributed by atoms with van der Waals surface area (Å²) in [5.41, 5.74) is 3.73. The van der Waals surface area contributed by atoms with Gasteiger partial charge in [-0.1, -0.05) is 29.8 Å². The van der Waals surface area contributed by atoms with Crippen LogP contribution in [0.25, 0.3) is 11.3 Å². The summed E-state index contributed by atoms with van der Waals surface area (Å²) in [5, 5.41) is 15.1. The summed E-state index contributed by atoms with van der Waals surface area (Å²) in [6.07, 6.45) is 7.20. The molecule has 1 aromatic carbocycles. The van der Waals surface area contributed by atoms with Gasteiger partial charge in [0, 0.05) is 11.6 Å². The zero-order valence-corrected chi connectivity index (χ0v) is 13.3. The van der Waals surface area contributed by atoms with Crippen molar-refractivity contribution in [2.75, 3.05) is 0 Å². The molecule has 6 heteroatoms. The Balaban J connectivity index is 1.89. The summed E-state index contributed by atoms with van der Waals surface area (Å²) in [4.78, 5) is 8.01. The van der Waals surface area contributed by atoms with Crippen LogP contribution in [0.5, 0.6) is 0 Å². The number of terminal acetylenes is 1. The fourth-order valence-electron chi connectivity index (χ4n) is 2.01. The molecule has 0 aliphatic carbocycles. The van der Waals surface area contributed by atoms with Crippen molar-refractivity contribution in [1.29, 1.82) is 5.26 Å². The number of hydrogen-bond acceptors (Lipinski definition) is 5. The zero-order valence-electron chi connectivity index (χ0n) is 11.7. The molecule has 1 aliphatic rings. The molecule has 2 heterocycles. The SMILES string of the molecule is C#C/C(=C1\NC(c2ccc(C#N)cc2)=CS1)c1ccnc(Cl)n1. The molecular weight excluding hydrogens is 328 g/mol. The Kier molecular flexibility index (Phi) is 4.34. The van der Waals surface area contributed by atoms with Crippen LogP contribution in [-0.4, -0.2) is 9.97 Å². The predicted octanol–water partition coefficient (Wildman–Crippen LogP) is 3.64. The number of nitriles is 1. The third-order valence-corrected chi connectivity index (χ3v) is 4.20. The number of thioether (sulfide) groups is 1. The molecule has 4 nitrogen and oxygen atoms in total. The van der Waals surface area contributed by atoms with E-state index in [9.17, 15) is 0 Å². The number of nitrogens with zero attached hydrogens (tertiary/aromatic N) is 3. The van der Waals surface area contributed by atoms with Gasteiger partial charge < -0.3 is 5.32 Å². The third-order valence-electron chi connectivity index (χ3n) is 3.12. The maximum atomic E-state index is 8.85. The van der Waals surface area contributed by atoms with Crippen LogP contribution >= 0.6 is 23.4 Å². The molecule has 2 aromatic rings. The lowest BCUT2D eigenvalue weighted by molar-refractivity contribution is 1.13. The van der Waals surface area contributed by atoms with Crippen LogP contribution in [0.15, 0.2) is 47.0 Å². The van der Waals surface area contributed by atoms with Gasteiger partial charge in [-0.05, 0) is 35.4 Å². The molecule has 0 radical (unpaired) electrons. The molecular formula is C17H9ClN4S. The van der Waals surface area contributed by atoms with Crippen molar-refractivity contribution in [3.63, 3.8) is 0 Å². The minimum Gasteiger partial charge on any atom is -0.348 e. The predicted molar refractivity (Wildman–Crippen MR) is 92.7 cm³/mol. The van der Waals surface area contributed by atoms with Crippen LogP contribution in [0.3, 0.4) is 0 Å². The summed E-state index contributed by atoms with van der Waals surface area (Å²) in [5.74, 6) is 2.65. The van der Waals surface area contributed by atoms with Crippen LogP contribution in [0.2, 0.25) is 5.28 Å². The Morgan fingerprint density at radius 1 is 1.26 bits per heavy atom. The Labute approximate surface area is 142 Å². The minimum atomic E-state index is 0.152. The lowest BCUT2D eigenvalue weighted by Crippen LogP contribution is -2.07. The van der Waals surface area contributed by atoms with Gasteiger partial charge in [0.15, 0.2) is 0 Å². The van der Waals surface area contributed by atoms with Crippen LogP contribution < -0.4 is 5.32 Å². The second-order valence-electron chi connectivity index (χ2n) is 4.52. The van der Waals surface area contributed by atoms with Crippen molar-refractivity contribution in [2.45, 2.75) is 0 Å². The molecule has 0 amide bonds. The highest BCUT2D eigenvalue weighted by Gasteiger charge is 2.17. The minimum absolute atomic E-state index is 0.152. The summed E-state index contributed by atoms with van der Waals surface area (Å²) >= 11 is 7.31. The van der Waals surface area contributed by atoms with E-state index in [1.165, 1.54) is 11.8 Å². The summed E-state index contributed by atoms with van der Waals surface area (Å²) in [7, 11) is 0. The first-order chi connectivity index (χ1) is 11.2. The van der Waals surface area contributed by atoms with Crippen molar-refractivity contribution < 1.29 is 0 Å². The smallest absolute Gasteiger partial charge is 0.222 e. The van der Waals surface area contributed by atoms with E-state index in [1.54, 1.807) is 24.4 Å². The second kappa shape index (κ2) is 6.58. The number of rotatable bonds is 2. The highest BCUT2D eigenvalue weighted by molar-refractivity contribution is 8.06. The Morgan fingerprint density at radius 2 is 2.04 bits per heavy atom. The highest BCUT2D eigenvalue weighted by Crippen LogP contribution is 2.34. The quantitative estimate of drug-likeness (QED) is 0.670. The Morgan fingerprint density at radius 3 is 2.70 bits per heavy atom. The highest BCUT2D eigenvalue weighted by atomic mass is 35.5. The molecule has 1 N–H and O–H groups in total. The van der Waals surface area contributed by atoms with Crippen LogP contribution in [0.1, 0.15) is 16.8 Å². The van der Waals surface area contributed by atoms with Crippen molar-refractivity contribution in [3.05, 3.63) is 69.1 Å². The molecule has 1 aromatic heterocycles. The van der Waals surface area contributed by atoms with E-state index in [4.69, 9.17) is 23.3 Å². The van der Waals surface area contributed by atoms with E-state index in [1.807, 2.05) is 17.5 Å².